The normalized spacial score (nSPS) is 19.1. The van der Waals surface area contributed by atoms with Crippen LogP contribution in [-0.2, 0) is 9.53 Å². The Bertz CT molecular complexity index is 320. The fourth-order valence-electron chi connectivity index (χ4n) is 2.41. The second-order valence-electron chi connectivity index (χ2n) is 5.43. The van der Waals surface area contributed by atoms with Gasteiger partial charge in [0.1, 0.15) is 0 Å². The van der Waals surface area contributed by atoms with Gasteiger partial charge in [0.25, 0.3) is 0 Å². The lowest BCUT2D eigenvalue weighted by atomic mass is 9.98. The molecule has 0 aromatic carbocycles. The molecule has 0 saturated carbocycles. The van der Waals surface area contributed by atoms with E-state index in [1.807, 2.05) is 13.8 Å². The minimum atomic E-state index is -0.804. The summed E-state index contributed by atoms with van der Waals surface area (Å²) in [7, 11) is 0. The number of carboxylic acids is 1. The van der Waals surface area contributed by atoms with E-state index in [9.17, 15) is 9.59 Å². The highest BCUT2D eigenvalue weighted by Crippen LogP contribution is 2.20. The van der Waals surface area contributed by atoms with Gasteiger partial charge in [-0.15, -0.1) is 0 Å². The van der Waals surface area contributed by atoms with E-state index in [-0.39, 0.29) is 24.6 Å². The van der Waals surface area contributed by atoms with Gasteiger partial charge in [0.15, 0.2) is 0 Å². The van der Waals surface area contributed by atoms with Crippen LogP contribution in [0.4, 0.5) is 4.79 Å². The van der Waals surface area contributed by atoms with Crippen LogP contribution < -0.4 is 5.32 Å². The molecule has 0 radical (unpaired) electrons. The molecule has 2 amide bonds. The minimum absolute atomic E-state index is 0.0471. The van der Waals surface area contributed by atoms with Gasteiger partial charge >= 0.3 is 12.0 Å². The third kappa shape index (κ3) is 6.23. The summed E-state index contributed by atoms with van der Waals surface area (Å²) in [5.74, 6) is -0.804. The number of hydrogen-bond acceptors (Lipinski definition) is 3. The average Bonchev–Trinajstić information content (AvgIpc) is 2.41. The standard InChI is InChI=1S/C14H26N2O4/c1-11(2)20-10-8-15-14(19)16-9-4-3-5-12(16)6-7-13(17)18/h11-12H,3-10H2,1-2H3,(H,15,19)(H,17,18). The molecule has 1 unspecified atom stereocenters. The van der Waals surface area contributed by atoms with Crippen molar-refractivity contribution in [3.8, 4) is 0 Å². The van der Waals surface area contributed by atoms with Crippen molar-refractivity contribution in [2.75, 3.05) is 19.7 Å². The number of carboxylic acid groups (broad SMARTS) is 1. The molecule has 1 aliphatic rings. The lowest BCUT2D eigenvalue weighted by Gasteiger charge is -2.35. The van der Waals surface area contributed by atoms with Gasteiger partial charge in [-0.25, -0.2) is 4.79 Å². The molecule has 6 nitrogen and oxygen atoms in total. The van der Waals surface area contributed by atoms with E-state index < -0.39 is 5.97 Å². The summed E-state index contributed by atoms with van der Waals surface area (Å²) in [6.07, 6.45) is 3.74. The Hall–Kier alpha value is -1.30. The van der Waals surface area contributed by atoms with Gasteiger partial charge in [0, 0.05) is 25.6 Å². The smallest absolute Gasteiger partial charge is 0.317 e. The molecule has 1 aliphatic heterocycles. The van der Waals surface area contributed by atoms with Crippen molar-refractivity contribution in [3.63, 3.8) is 0 Å². The van der Waals surface area contributed by atoms with Crippen LogP contribution in [0.5, 0.6) is 0 Å². The zero-order chi connectivity index (χ0) is 15.0. The third-order valence-electron chi connectivity index (χ3n) is 3.41. The number of nitrogens with zero attached hydrogens (tertiary/aromatic N) is 1. The summed E-state index contributed by atoms with van der Waals surface area (Å²) in [5.41, 5.74) is 0. The van der Waals surface area contributed by atoms with Crippen LogP contribution in [-0.4, -0.2) is 53.8 Å². The van der Waals surface area contributed by atoms with E-state index in [1.165, 1.54) is 0 Å². The first kappa shape index (κ1) is 16.8. The van der Waals surface area contributed by atoms with E-state index in [4.69, 9.17) is 9.84 Å². The number of carbonyl (C=O) groups is 2. The quantitative estimate of drug-likeness (QED) is 0.700. The number of rotatable bonds is 7. The van der Waals surface area contributed by atoms with Gasteiger partial charge in [-0.2, -0.15) is 0 Å². The third-order valence-corrected chi connectivity index (χ3v) is 3.41. The number of piperidine rings is 1. The summed E-state index contributed by atoms with van der Waals surface area (Å²) in [6, 6.07) is -0.0571. The second kappa shape index (κ2) is 8.79. The summed E-state index contributed by atoms with van der Waals surface area (Å²) < 4.78 is 5.37. The van der Waals surface area contributed by atoms with Crippen molar-refractivity contribution in [2.45, 2.75) is 58.1 Å². The van der Waals surface area contributed by atoms with Crippen LogP contribution in [0.3, 0.4) is 0 Å². The first-order valence-corrected chi connectivity index (χ1v) is 7.38. The SMILES string of the molecule is CC(C)OCCNC(=O)N1CCCCC1CCC(=O)O. The minimum Gasteiger partial charge on any atom is -0.481 e. The van der Waals surface area contributed by atoms with Gasteiger partial charge in [0.05, 0.1) is 12.7 Å². The van der Waals surface area contributed by atoms with E-state index in [0.717, 1.165) is 19.3 Å². The van der Waals surface area contributed by atoms with E-state index in [2.05, 4.69) is 5.32 Å². The molecule has 1 atom stereocenters. The van der Waals surface area contributed by atoms with Gasteiger partial charge < -0.3 is 20.1 Å². The maximum atomic E-state index is 12.1. The molecule has 20 heavy (non-hydrogen) atoms. The Balaban J connectivity index is 2.35. The maximum Gasteiger partial charge on any atom is 0.317 e. The maximum absolute atomic E-state index is 12.1. The van der Waals surface area contributed by atoms with Crippen LogP contribution >= 0.6 is 0 Å². The van der Waals surface area contributed by atoms with Crippen LogP contribution in [0.1, 0.15) is 46.0 Å². The molecular formula is C14H26N2O4. The van der Waals surface area contributed by atoms with Crippen molar-refractivity contribution in [3.05, 3.63) is 0 Å². The molecule has 0 aliphatic carbocycles. The zero-order valence-corrected chi connectivity index (χ0v) is 12.4. The average molecular weight is 286 g/mol. The lowest BCUT2D eigenvalue weighted by molar-refractivity contribution is -0.137. The van der Waals surface area contributed by atoms with Crippen molar-refractivity contribution in [1.29, 1.82) is 0 Å². The molecule has 1 heterocycles. The van der Waals surface area contributed by atoms with E-state index >= 15 is 0 Å². The Morgan fingerprint density at radius 2 is 2.15 bits per heavy atom. The Labute approximate surface area is 120 Å². The Morgan fingerprint density at radius 3 is 2.80 bits per heavy atom. The number of carbonyl (C=O) groups excluding carboxylic acids is 1. The molecule has 6 heteroatoms. The van der Waals surface area contributed by atoms with Crippen molar-refractivity contribution >= 4 is 12.0 Å². The molecule has 0 aromatic rings. The zero-order valence-electron chi connectivity index (χ0n) is 12.4. The molecule has 2 N–H and O–H groups in total. The number of nitrogens with one attached hydrogen (secondary N) is 1. The fraction of sp³-hybridized carbons (Fsp3) is 0.857. The van der Waals surface area contributed by atoms with Gasteiger partial charge in [-0.3, -0.25) is 4.79 Å². The van der Waals surface area contributed by atoms with Crippen LogP contribution in [0, 0.1) is 0 Å². The van der Waals surface area contributed by atoms with Crippen LogP contribution in [0.25, 0.3) is 0 Å². The predicted octanol–water partition coefficient (Wildman–Crippen LogP) is 1.84. The lowest BCUT2D eigenvalue weighted by Crippen LogP contribution is -2.49. The van der Waals surface area contributed by atoms with Crippen LogP contribution in [0.15, 0.2) is 0 Å². The van der Waals surface area contributed by atoms with Gasteiger partial charge in [0.2, 0.25) is 0 Å². The Kier molecular flexibility index (Phi) is 7.36. The number of likely N-dealkylation sites (tertiary alicyclic amines) is 1. The first-order chi connectivity index (χ1) is 9.50. The molecule has 1 fully saturated rings. The molecule has 0 bridgehead atoms. The summed E-state index contributed by atoms with van der Waals surface area (Å²) in [4.78, 5) is 24.5. The molecule has 0 spiro atoms. The summed E-state index contributed by atoms with van der Waals surface area (Å²) in [6.45, 7) is 5.60. The number of amides is 2. The summed E-state index contributed by atoms with van der Waals surface area (Å²) >= 11 is 0. The molecule has 1 rings (SSSR count). The van der Waals surface area contributed by atoms with Gasteiger partial charge in [-0.1, -0.05) is 0 Å². The predicted molar refractivity (Wildman–Crippen MR) is 75.7 cm³/mol. The van der Waals surface area contributed by atoms with Gasteiger partial charge in [-0.05, 0) is 39.5 Å². The highest BCUT2D eigenvalue weighted by atomic mass is 16.5. The van der Waals surface area contributed by atoms with Crippen molar-refractivity contribution < 1.29 is 19.4 Å². The summed E-state index contributed by atoms with van der Waals surface area (Å²) in [5, 5.41) is 11.6. The monoisotopic (exact) mass is 286 g/mol. The number of hydrogen-bond donors (Lipinski definition) is 2. The van der Waals surface area contributed by atoms with Crippen LogP contribution in [0.2, 0.25) is 0 Å². The number of aliphatic carboxylic acids is 1. The highest BCUT2D eigenvalue weighted by Gasteiger charge is 2.26. The first-order valence-electron chi connectivity index (χ1n) is 7.38. The molecular weight excluding hydrogens is 260 g/mol. The van der Waals surface area contributed by atoms with Crippen molar-refractivity contribution in [1.82, 2.24) is 10.2 Å². The highest BCUT2D eigenvalue weighted by molar-refractivity contribution is 5.74. The second-order valence-corrected chi connectivity index (χ2v) is 5.43. The fourth-order valence-corrected chi connectivity index (χ4v) is 2.41. The molecule has 116 valence electrons. The Morgan fingerprint density at radius 1 is 1.40 bits per heavy atom. The number of urea groups is 1. The van der Waals surface area contributed by atoms with E-state index in [1.54, 1.807) is 4.90 Å². The van der Waals surface area contributed by atoms with E-state index in [0.29, 0.717) is 26.1 Å². The van der Waals surface area contributed by atoms with Crippen molar-refractivity contribution in [2.24, 2.45) is 0 Å². The number of ether oxygens (including phenoxy) is 1. The largest absolute Gasteiger partial charge is 0.481 e. The molecule has 0 aromatic heterocycles. The topological polar surface area (TPSA) is 78.9 Å². The molecule has 1 saturated heterocycles.